The Morgan fingerprint density at radius 2 is 1.33 bits per heavy atom. The summed E-state index contributed by atoms with van der Waals surface area (Å²) in [6, 6.07) is 0. The van der Waals surface area contributed by atoms with Crippen LogP contribution in [0.3, 0.4) is 0 Å². The molecule has 0 rings (SSSR count). The van der Waals surface area contributed by atoms with Crippen molar-refractivity contribution in [2.24, 2.45) is 0 Å². The van der Waals surface area contributed by atoms with E-state index in [-0.39, 0.29) is 6.42 Å². The van der Waals surface area contributed by atoms with Crippen LogP contribution in [0.5, 0.6) is 0 Å². The number of hydrogen-bond donors (Lipinski definition) is 0. The van der Waals surface area contributed by atoms with Gasteiger partial charge in [-0.2, -0.15) is 35.1 Å². The van der Waals surface area contributed by atoms with Crippen molar-refractivity contribution >= 4 is 0 Å². The molecule has 21 heavy (non-hydrogen) atoms. The van der Waals surface area contributed by atoms with Crippen molar-refractivity contribution in [1.29, 1.82) is 0 Å². The summed E-state index contributed by atoms with van der Waals surface area (Å²) in [5.41, 5.74) is 0. The van der Waals surface area contributed by atoms with Crippen molar-refractivity contribution in [1.82, 2.24) is 0 Å². The van der Waals surface area contributed by atoms with Gasteiger partial charge < -0.3 is 4.74 Å². The summed E-state index contributed by atoms with van der Waals surface area (Å²) >= 11 is 0. The maximum atomic E-state index is 12.9. The maximum Gasteiger partial charge on any atom is 0.460 e. The van der Waals surface area contributed by atoms with Crippen molar-refractivity contribution in [2.45, 2.75) is 50.8 Å². The van der Waals surface area contributed by atoms with Gasteiger partial charge in [0.25, 0.3) is 0 Å². The van der Waals surface area contributed by atoms with Gasteiger partial charge in [-0.15, -0.1) is 0 Å². The standard InChI is InChI=1S/C11H13F9O/c1-2-3-4-5-6-21-10(16,17)8(13)7(12)9(14,15)11(18,19)20/h2-6H2,1H3. The zero-order valence-corrected chi connectivity index (χ0v) is 10.8. The van der Waals surface area contributed by atoms with Crippen LogP contribution in [0.4, 0.5) is 39.5 Å². The molecular weight excluding hydrogens is 319 g/mol. The SMILES string of the molecule is CCCCCCOC(F)(F)C(F)=C(F)C(F)(F)C(F)(F)F. The summed E-state index contributed by atoms with van der Waals surface area (Å²) in [5.74, 6) is -13.8. The lowest BCUT2D eigenvalue weighted by molar-refractivity contribution is -0.276. The van der Waals surface area contributed by atoms with E-state index in [0.717, 1.165) is 6.42 Å². The average molecular weight is 332 g/mol. The van der Waals surface area contributed by atoms with E-state index >= 15 is 0 Å². The van der Waals surface area contributed by atoms with Gasteiger partial charge in [0.05, 0.1) is 6.61 Å². The molecule has 0 amide bonds. The third kappa shape index (κ3) is 5.40. The first-order valence-corrected chi connectivity index (χ1v) is 5.90. The second-order valence-electron chi connectivity index (χ2n) is 4.13. The molecule has 0 aliphatic heterocycles. The minimum atomic E-state index is -6.54. The van der Waals surface area contributed by atoms with E-state index in [9.17, 15) is 39.5 Å². The zero-order chi connectivity index (χ0) is 16.9. The fraction of sp³-hybridized carbons (Fsp3) is 0.818. The van der Waals surface area contributed by atoms with Gasteiger partial charge in [0.1, 0.15) is 0 Å². The van der Waals surface area contributed by atoms with Crippen LogP contribution in [0.15, 0.2) is 11.7 Å². The highest BCUT2D eigenvalue weighted by Crippen LogP contribution is 2.45. The molecule has 1 nitrogen and oxygen atoms in total. The molecule has 0 fully saturated rings. The molecule has 10 heteroatoms. The predicted octanol–water partition coefficient (Wildman–Crippen LogP) is 5.52. The van der Waals surface area contributed by atoms with Crippen molar-refractivity contribution < 1.29 is 44.3 Å². The minimum Gasteiger partial charge on any atom is -0.315 e. The second kappa shape index (κ2) is 7.37. The molecule has 126 valence electrons. The summed E-state index contributed by atoms with van der Waals surface area (Å²) in [7, 11) is 0. The van der Waals surface area contributed by atoms with E-state index in [0.29, 0.717) is 12.8 Å². The van der Waals surface area contributed by atoms with Gasteiger partial charge in [-0.1, -0.05) is 26.2 Å². The fourth-order valence-electron chi connectivity index (χ4n) is 1.18. The lowest BCUT2D eigenvalue weighted by Gasteiger charge is -2.21. The Hall–Kier alpha value is -0.930. The molecule has 0 spiro atoms. The number of ether oxygens (including phenoxy) is 1. The molecule has 0 N–H and O–H groups in total. The quantitative estimate of drug-likeness (QED) is 0.420. The van der Waals surface area contributed by atoms with E-state index in [1.165, 1.54) is 0 Å². The van der Waals surface area contributed by atoms with Crippen LogP contribution in [-0.2, 0) is 4.74 Å². The lowest BCUT2D eigenvalue weighted by atomic mass is 10.2. The molecular formula is C11H13F9O. The Bertz CT molecular complexity index is 359. The number of alkyl halides is 7. The summed E-state index contributed by atoms with van der Waals surface area (Å²) in [6.07, 6.45) is -9.96. The second-order valence-corrected chi connectivity index (χ2v) is 4.13. The molecule has 0 aliphatic rings. The highest BCUT2D eigenvalue weighted by atomic mass is 19.4. The molecule has 0 saturated heterocycles. The summed E-state index contributed by atoms with van der Waals surface area (Å²) < 4.78 is 115. The number of unbranched alkanes of at least 4 members (excludes halogenated alkanes) is 3. The Kier molecular flexibility index (Phi) is 7.04. The van der Waals surface area contributed by atoms with E-state index in [2.05, 4.69) is 4.74 Å². The van der Waals surface area contributed by atoms with Crippen LogP contribution < -0.4 is 0 Å². The number of halogens is 9. The molecule has 0 aromatic rings. The number of allylic oxidation sites excluding steroid dienone is 1. The topological polar surface area (TPSA) is 9.23 Å². The van der Waals surface area contributed by atoms with E-state index in [4.69, 9.17) is 0 Å². The monoisotopic (exact) mass is 332 g/mol. The molecule has 0 radical (unpaired) electrons. The molecule has 0 bridgehead atoms. The van der Waals surface area contributed by atoms with Gasteiger partial charge in [0.15, 0.2) is 0 Å². The smallest absolute Gasteiger partial charge is 0.315 e. The van der Waals surface area contributed by atoms with Gasteiger partial charge >= 0.3 is 18.2 Å². The van der Waals surface area contributed by atoms with Crippen LogP contribution in [0, 0.1) is 0 Å². The van der Waals surface area contributed by atoms with Gasteiger partial charge in [-0.25, -0.2) is 4.39 Å². The highest BCUT2D eigenvalue weighted by Gasteiger charge is 2.64. The Labute approximate surface area is 114 Å². The first-order valence-electron chi connectivity index (χ1n) is 5.90. The molecule has 0 aromatic heterocycles. The van der Waals surface area contributed by atoms with Gasteiger partial charge in [0, 0.05) is 0 Å². The minimum absolute atomic E-state index is 0.00596. The number of hydrogen-bond acceptors (Lipinski definition) is 1. The van der Waals surface area contributed by atoms with Crippen molar-refractivity contribution in [3.63, 3.8) is 0 Å². The van der Waals surface area contributed by atoms with E-state index in [1.807, 2.05) is 0 Å². The van der Waals surface area contributed by atoms with Crippen LogP contribution in [-0.4, -0.2) is 24.8 Å². The van der Waals surface area contributed by atoms with Crippen LogP contribution >= 0.6 is 0 Å². The van der Waals surface area contributed by atoms with Crippen LogP contribution in [0.1, 0.15) is 32.6 Å². The summed E-state index contributed by atoms with van der Waals surface area (Å²) in [4.78, 5) is 0. The highest BCUT2D eigenvalue weighted by molar-refractivity contribution is 5.16. The van der Waals surface area contributed by atoms with Crippen molar-refractivity contribution in [3.8, 4) is 0 Å². The third-order valence-corrected chi connectivity index (χ3v) is 2.36. The van der Waals surface area contributed by atoms with Gasteiger partial charge in [-0.3, -0.25) is 0 Å². The first kappa shape index (κ1) is 20.1. The molecule has 0 aromatic carbocycles. The van der Waals surface area contributed by atoms with Gasteiger partial charge in [0.2, 0.25) is 11.7 Å². The third-order valence-electron chi connectivity index (χ3n) is 2.36. The van der Waals surface area contributed by atoms with Crippen molar-refractivity contribution in [3.05, 3.63) is 11.7 Å². The summed E-state index contributed by atoms with van der Waals surface area (Å²) in [6.45, 7) is 0.984. The number of rotatable bonds is 8. The molecule has 0 saturated carbocycles. The van der Waals surface area contributed by atoms with Crippen molar-refractivity contribution in [2.75, 3.05) is 6.61 Å². The molecule has 0 unspecified atom stereocenters. The first-order chi connectivity index (χ1) is 9.38. The van der Waals surface area contributed by atoms with Crippen LogP contribution in [0.25, 0.3) is 0 Å². The molecule has 0 atom stereocenters. The maximum absolute atomic E-state index is 12.9. The molecule has 0 heterocycles. The lowest BCUT2D eigenvalue weighted by Crippen LogP contribution is -2.39. The van der Waals surface area contributed by atoms with E-state index in [1.54, 1.807) is 6.92 Å². The molecule has 0 aliphatic carbocycles. The van der Waals surface area contributed by atoms with Gasteiger partial charge in [-0.05, 0) is 6.42 Å². The Morgan fingerprint density at radius 3 is 1.76 bits per heavy atom. The summed E-state index contributed by atoms with van der Waals surface area (Å²) in [5, 5.41) is 0. The largest absolute Gasteiger partial charge is 0.460 e. The Morgan fingerprint density at radius 1 is 0.810 bits per heavy atom. The fourth-order valence-corrected chi connectivity index (χ4v) is 1.18. The van der Waals surface area contributed by atoms with E-state index < -0.39 is 36.5 Å². The van der Waals surface area contributed by atoms with Crippen LogP contribution in [0.2, 0.25) is 0 Å². The Balaban J connectivity index is 4.93. The predicted molar refractivity (Wildman–Crippen MR) is 55.3 cm³/mol. The normalized spacial score (nSPS) is 15.1. The zero-order valence-electron chi connectivity index (χ0n) is 10.8. The average Bonchev–Trinajstić information content (AvgIpc) is 2.35.